The van der Waals surface area contributed by atoms with Gasteiger partial charge in [-0.15, -0.1) is 0 Å². The first-order valence-electron chi connectivity index (χ1n) is 10.0. The van der Waals surface area contributed by atoms with Gasteiger partial charge in [0.15, 0.2) is 0 Å². The van der Waals surface area contributed by atoms with Crippen molar-refractivity contribution in [3.63, 3.8) is 0 Å². The molecule has 0 amide bonds. The molecule has 5 rings (SSSR count). The molecule has 0 fully saturated rings. The quantitative estimate of drug-likeness (QED) is 0.293. The molecule has 32 heavy (non-hydrogen) atoms. The lowest BCUT2D eigenvalue weighted by Gasteiger charge is -2.37. The van der Waals surface area contributed by atoms with Crippen LogP contribution in [0.25, 0.3) is 16.7 Å². The van der Waals surface area contributed by atoms with Crippen molar-refractivity contribution in [2.24, 2.45) is 0 Å². The maximum Gasteiger partial charge on any atom is 0.276 e. The normalized spacial score (nSPS) is 23.5. The molecule has 2 unspecified atom stereocenters. The minimum absolute atomic E-state index is 0.666. The van der Waals surface area contributed by atoms with Crippen LogP contribution < -0.4 is 15.1 Å². The highest BCUT2D eigenvalue weighted by molar-refractivity contribution is 8.21. The molecular formula is C25H20O3P2S2. The lowest BCUT2D eigenvalue weighted by molar-refractivity contribution is 0.418. The van der Waals surface area contributed by atoms with Gasteiger partial charge in [0.25, 0.3) is 13.0 Å². The summed E-state index contributed by atoms with van der Waals surface area (Å²) >= 11 is 12.2. The largest absolute Gasteiger partial charge is 0.440 e. The van der Waals surface area contributed by atoms with Crippen LogP contribution in [-0.4, -0.2) is 0 Å². The monoisotopic (exact) mass is 494 g/mol. The second-order valence-electron chi connectivity index (χ2n) is 7.37. The van der Waals surface area contributed by atoms with Gasteiger partial charge in [0.1, 0.15) is 11.5 Å². The average molecular weight is 495 g/mol. The molecule has 0 aromatic heterocycles. The Hall–Kier alpha value is -2.26. The molecule has 3 aromatic carbocycles. The molecule has 0 saturated heterocycles. The fourth-order valence-corrected chi connectivity index (χ4v) is 12.1. The molecular weight excluding hydrogens is 474 g/mol. The van der Waals surface area contributed by atoms with Gasteiger partial charge >= 0.3 is 0 Å². The van der Waals surface area contributed by atoms with E-state index < -0.39 is 13.0 Å². The van der Waals surface area contributed by atoms with E-state index in [1.54, 1.807) is 6.08 Å². The van der Waals surface area contributed by atoms with E-state index in [0.717, 1.165) is 32.9 Å². The van der Waals surface area contributed by atoms with Crippen LogP contribution >= 0.6 is 13.0 Å². The topological polar surface area (TPSA) is 27.7 Å². The van der Waals surface area contributed by atoms with Crippen LogP contribution in [0.2, 0.25) is 0 Å². The zero-order valence-electron chi connectivity index (χ0n) is 17.3. The van der Waals surface area contributed by atoms with E-state index in [1.807, 2.05) is 91.9 Å². The van der Waals surface area contributed by atoms with Crippen molar-refractivity contribution in [2.45, 2.75) is 6.92 Å². The van der Waals surface area contributed by atoms with Crippen LogP contribution in [0.5, 0.6) is 5.75 Å². The van der Waals surface area contributed by atoms with Gasteiger partial charge in [-0.3, -0.25) is 0 Å². The second-order valence-corrected chi connectivity index (χ2v) is 14.2. The van der Waals surface area contributed by atoms with Crippen LogP contribution in [0.1, 0.15) is 12.5 Å². The lowest BCUT2D eigenvalue weighted by Crippen LogP contribution is -2.23. The first-order chi connectivity index (χ1) is 15.5. The number of hydrogen-bond acceptors (Lipinski definition) is 5. The average Bonchev–Trinajstić information content (AvgIpc) is 2.81. The molecule has 3 aromatic rings. The van der Waals surface area contributed by atoms with Crippen LogP contribution in [0.15, 0.2) is 103 Å². The molecule has 2 heterocycles. The molecule has 3 nitrogen and oxygen atoms in total. The molecule has 0 radical (unpaired) electrons. The number of fused-ring (bicyclic) bond motifs is 4. The molecule has 0 bridgehead atoms. The van der Waals surface area contributed by atoms with Gasteiger partial charge in [-0.1, -0.05) is 73.3 Å². The van der Waals surface area contributed by atoms with Crippen LogP contribution in [0.3, 0.4) is 0 Å². The third kappa shape index (κ3) is 3.55. The Kier molecular flexibility index (Phi) is 5.57. The molecule has 0 spiro atoms. The van der Waals surface area contributed by atoms with E-state index in [2.05, 4.69) is 6.58 Å². The van der Waals surface area contributed by atoms with Gasteiger partial charge in [-0.25, -0.2) is 4.31 Å². The number of allylic oxidation sites excluding steroid dienone is 4. The summed E-state index contributed by atoms with van der Waals surface area (Å²) in [5.41, 5.74) is 4.02. The van der Waals surface area contributed by atoms with Crippen molar-refractivity contribution in [2.75, 3.05) is 0 Å². The van der Waals surface area contributed by atoms with Crippen molar-refractivity contribution in [3.05, 3.63) is 109 Å². The van der Waals surface area contributed by atoms with Crippen molar-refractivity contribution >= 4 is 52.8 Å². The molecule has 0 aliphatic carbocycles. The van der Waals surface area contributed by atoms with E-state index >= 15 is 0 Å². The van der Waals surface area contributed by atoms with Gasteiger partial charge in [0, 0.05) is 5.56 Å². The smallest absolute Gasteiger partial charge is 0.276 e. The predicted octanol–water partition coefficient (Wildman–Crippen LogP) is 6.84. The standard InChI is InChI=1S/C25H20O3P2S2/c1-3-4-14-22-18(2)19-11-6-9-16-24(19)29(31,26-22)28-30(32)25-17-10-7-13-21(25)20-12-5-8-15-23(20)27-30/h3-17H,1H2,2H3. The number of para-hydroxylation sites is 1. The Labute approximate surface area is 198 Å². The zero-order valence-corrected chi connectivity index (χ0v) is 20.7. The van der Waals surface area contributed by atoms with E-state index in [1.165, 1.54) is 0 Å². The fraction of sp³-hybridized carbons (Fsp3) is 0.0400. The fourth-order valence-electron chi connectivity index (χ4n) is 3.87. The summed E-state index contributed by atoms with van der Waals surface area (Å²) in [6.45, 7) is -0.266. The summed E-state index contributed by atoms with van der Waals surface area (Å²) in [5, 5.41) is 1.71. The van der Waals surface area contributed by atoms with Crippen molar-refractivity contribution in [1.29, 1.82) is 0 Å². The summed E-state index contributed by atoms with van der Waals surface area (Å²) in [5.74, 6) is 1.37. The summed E-state index contributed by atoms with van der Waals surface area (Å²) in [7, 11) is 0. The Bertz CT molecular complexity index is 1410. The highest BCUT2D eigenvalue weighted by Crippen LogP contribution is 2.68. The Morgan fingerprint density at radius 2 is 1.34 bits per heavy atom. The predicted molar refractivity (Wildman–Crippen MR) is 141 cm³/mol. The number of hydrogen-bond donors (Lipinski definition) is 0. The summed E-state index contributed by atoms with van der Waals surface area (Å²) < 4.78 is 19.5. The van der Waals surface area contributed by atoms with Crippen molar-refractivity contribution in [3.8, 4) is 16.9 Å². The van der Waals surface area contributed by atoms with Crippen molar-refractivity contribution < 1.29 is 13.4 Å². The Balaban J connectivity index is 1.65. The first-order valence-corrected chi connectivity index (χ1v) is 15.3. The van der Waals surface area contributed by atoms with E-state index in [-0.39, 0.29) is 0 Å². The van der Waals surface area contributed by atoms with E-state index in [4.69, 9.17) is 37.0 Å². The molecule has 2 aliphatic heterocycles. The SMILES string of the molecule is C=CC=CC1=C(C)c2ccccc2P(=S)(OP2(=S)Oc3ccccc3-c3ccccc32)O1. The van der Waals surface area contributed by atoms with Gasteiger partial charge < -0.3 is 9.05 Å². The van der Waals surface area contributed by atoms with Gasteiger partial charge in [-0.05, 0) is 71.5 Å². The highest BCUT2D eigenvalue weighted by Gasteiger charge is 2.42. The van der Waals surface area contributed by atoms with Gasteiger partial charge in [0.05, 0.1) is 10.6 Å². The highest BCUT2D eigenvalue weighted by atomic mass is 32.5. The van der Waals surface area contributed by atoms with Crippen LogP contribution in [0, 0.1) is 0 Å². The first kappa shape index (κ1) is 21.6. The molecule has 0 saturated carbocycles. The van der Waals surface area contributed by atoms with Crippen molar-refractivity contribution in [1.82, 2.24) is 0 Å². The van der Waals surface area contributed by atoms with Crippen LogP contribution in [0.4, 0.5) is 0 Å². The maximum absolute atomic E-state index is 6.69. The number of rotatable bonds is 4. The third-order valence-corrected chi connectivity index (χ3v) is 12.8. The Morgan fingerprint density at radius 1 is 0.781 bits per heavy atom. The zero-order chi connectivity index (χ0) is 22.3. The molecule has 160 valence electrons. The van der Waals surface area contributed by atoms with Gasteiger partial charge in [-0.2, -0.15) is 0 Å². The summed E-state index contributed by atoms with van der Waals surface area (Å²) in [6, 6.07) is 23.8. The van der Waals surface area contributed by atoms with E-state index in [0.29, 0.717) is 11.5 Å². The lowest BCUT2D eigenvalue weighted by atomic mass is 10.0. The third-order valence-electron chi connectivity index (χ3n) is 5.38. The summed E-state index contributed by atoms with van der Waals surface area (Å²) in [6.07, 6.45) is 5.39. The molecule has 7 heteroatoms. The minimum atomic E-state index is -3.03. The maximum atomic E-state index is 6.69. The van der Waals surface area contributed by atoms with E-state index in [9.17, 15) is 0 Å². The molecule has 0 N–H and O–H groups in total. The molecule has 2 atom stereocenters. The Morgan fingerprint density at radius 3 is 2.06 bits per heavy atom. The van der Waals surface area contributed by atoms with Gasteiger partial charge in [0.2, 0.25) is 0 Å². The summed E-state index contributed by atoms with van der Waals surface area (Å²) in [4.78, 5) is 0. The van der Waals surface area contributed by atoms with Crippen LogP contribution in [-0.2, 0) is 32.4 Å². The minimum Gasteiger partial charge on any atom is -0.440 e. The molecule has 2 aliphatic rings. The second kappa shape index (κ2) is 8.26. The number of benzene rings is 3.